The van der Waals surface area contributed by atoms with Gasteiger partial charge in [0.2, 0.25) is 5.88 Å². The molecule has 0 radical (unpaired) electrons. The lowest BCUT2D eigenvalue weighted by atomic mass is 10.1. The fourth-order valence-electron chi connectivity index (χ4n) is 3.24. The van der Waals surface area contributed by atoms with Crippen molar-refractivity contribution in [2.45, 2.75) is 6.54 Å². The quantitative estimate of drug-likeness (QED) is 0.777. The maximum Gasteiger partial charge on any atom is 0.254 e. The Morgan fingerprint density at radius 2 is 2.00 bits per heavy atom. The highest BCUT2D eigenvalue weighted by atomic mass is 16.5. The molecule has 0 aliphatic carbocycles. The van der Waals surface area contributed by atoms with Crippen molar-refractivity contribution in [3.8, 4) is 5.88 Å². The highest BCUT2D eigenvalue weighted by molar-refractivity contribution is 5.97. The van der Waals surface area contributed by atoms with Crippen LogP contribution in [0.15, 0.2) is 42.9 Å². The zero-order valence-corrected chi connectivity index (χ0v) is 14.7. The van der Waals surface area contributed by atoms with Crippen molar-refractivity contribution in [3.63, 3.8) is 0 Å². The number of rotatable bonds is 4. The third-order valence-electron chi connectivity index (χ3n) is 4.74. The number of hydrogen-bond acceptors (Lipinski definition) is 5. The lowest BCUT2D eigenvalue weighted by Gasteiger charge is -2.34. The van der Waals surface area contributed by atoms with Crippen molar-refractivity contribution in [2.75, 3.05) is 33.3 Å². The van der Waals surface area contributed by atoms with Gasteiger partial charge in [0.25, 0.3) is 5.91 Å². The predicted molar refractivity (Wildman–Crippen MR) is 98.1 cm³/mol. The monoisotopic (exact) mass is 351 g/mol. The van der Waals surface area contributed by atoms with E-state index in [4.69, 9.17) is 4.74 Å². The molecule has 3 heterocycles. The van der Waals surface area contributed by atoms with E-state index in [1.54, 1.807) is 13.4 Å². The summed E-state index contributed by atoms with van der Waals surface area (Å²) in [6.07, 6.45) is 3.49. The number of amides is 1. The Hall–Kier alpha value is -2.93. The lowest BCUT2D eigenvalue weighted by Crippen LogP contribution is -2.48. The molecule has 1 N–H and O–H groups in total. The van der Waals surface area contributed by atoms with Crippen LogP contribution in [0.5, 0.6) is 5.88 Å². The first kappa shape index (κ1) is 16.5. The molecule has 1 amide bonds. The van der Waals surface area contributed by atoms with Gasteiger partial charge in [-0.3, -0.25) is 9.69 Å². The number of methoxy groups -OCH3 is 1. The number of carbonyl (C=O) groups excluding carboxylic acids is 1. The summed E-state index contributed by atoms with van der Waals surface area (Å²) in [6, 6.07) is 9.51. The molecule has 1 aliphatic heterocycles. The number of benzene rings is 1. The molecular weight excluding hydrogens is 330 g/mol. The number of pyridine rings is 1. The molecular formula is C19H21N5O2. The molecule has 0 saturated carbocycles. The van der Waals surface area contributed by atoms with E-state index in [1.807, 2.05) is 41.4 Å². The number of piperazine rings is 1. The number of carbonyl (C=O) groups is 1. The Bertz CT molecular complexity index is 898. The molecule has 4 rings (SSSR count). The number of fused-ring (bicyclic) bond motifs is 1. The van der Waals surface area contributed by atoms with Gasteiger partial charge in [-0.05, 0) is 23.8 Å². The van der Waals surface area contributed by atoms with Gasteiger partial charge in [-0.1, -0.05) is 6.07 Å². The normalized spacial score (nSPS) is 15.3. The van der Waals surface area contributed by atoms with Crippen LogP contribution in [0.25, 0.3) is 11.0 Å². The first-order valence-corrected chi connectivity index (χ1v) is 8.66. The molecule has 0 atom stereocenters. The Labute approximate surface area is 151 Å². The summed E-state index contributed by atoms with van der Waals surface area (Å²) in [5, 5.41) is 0. The number of hydrogen-bond donors (Lipinski definition) is 1. The van der Waals surface area contributed by atoms with E-state index in [0.717, 1.165) is 49.3 Å². The first-order valence-electron chi connectivity index (χ1n) is 8.66. The molecule has 134 valence electrons. The van der Waals surface area contributed by atoms with Crippen LogP contribution >= 0.6 is 0 Å². The van der Waals surface area contributed by atoms with Gasteiger partial charge < -0.3 is 14.6 Å². The van der Waals surface area contributed by atoms with Crippen LogP contribution in [-0.4, -0.2) is 63.9 Å². The van der Waals surface area contributed by atoms with Crippen molar-refractivity contribution in [1.29, 1.82) is 0 Å². The average molecular weight is 351 g/mol. The number of H-pyrrole nitrogens is 1. The van der Waals surface area contributed by atoms with E-state index in [1.165, 1.54) is 0 Å². The zero-order valence-electron chi connectivity index (χ0n) is 14.7. The highest BCUT2D eigenvalue weighted by Gasteiger charge is 2.22. The number of nitrogens with one attached hydrogen (secondary N) is 1. The number of ether oxygens (including phenoxy) is 1. The van der Waals surface area contributed by atoms with Crippen LogP contribution in [0, 0.1) is 0 Å². The summed E-state index contributed by atoms with van der Waals surface area (Å²) >= 11 is 0. The van der Waals surface area contributed by atoms with Gasteiger partial charge in [-0.2, -0.15) is 0 Å². The van der Waals surface area contributed by atoms with E-state index in [2.05, 4.69) is 19.9 Å². The van der Waals surface area contributed by atoms with Gasteiger partial charge >= 0.3 is 0 Å². The van der Waals surface area contributed by atoms with Crippen molar-refractivity contribution >= 4 is 16.9 Å². The summed E-state index contributed by atoms with van der Waals surface area (Å²) in [6.45, 7) is 3.99. The van der Waals surface area contributed by atoms with E-state index >= 15 is 0 Å². The molecule has 1 saturated heterocycles. The van der Waals surface area contributed by atoms with Gasteiger partial charge in [0.15, 0.2) is 0 Å². The smallest absolute Gasteiger partial charge is 0.254 e. The van der Waals surface area contributed by atoms with Gasteiger partial charge in [-0.25, -0.2) is 9.97 Å². The van der Waals surface area contributed by atoms with Crippen LogP contribution in [0.3, 0.4) is 0 Å². The second-order valence-corrected chi connectivity index (χ2v) is 6.41. The molecule has 26 heavy (non-hydrogen) atoms. The number of imidazole rings is 1. The van der Waals surface area contributed by atoms with Crippen molar-refractivity contribution in [2.24, 2.45) is 0 Å². The minimum atomic E-state index is 0.0762. The summed E-state index contributed by atoms with van der Waals surface area (Å²) < 4.78 is 5.09. The van der Waals surface area contributed by atoms with Crippen molar-refractivity contribution in [3.05, 3.63) is 54.0 Å². The number of aromatic nitrogens is 3. The fraction of sp³-hybridized carbons (Fsp3) is 0.316. The third-order valence-corrected chi connectivity index (χ3v) is 4.74. The van der Waals surface area contributed by atoms with Crippen LogP contribution in [-0.2, 0) is 6.54 Å². The van der Waals surface area contributed by atoms with Crippen LogP contribution in [0.4, 0.5) is 0 Å². The Morgan fingerprint density at radius 3 is 2.73 bits per heavy atom. The van der Waals surface area contributed by atoms with Crippen molar-refractivity contribution < 1.29 is 9.53 Å². The maximum atomic E-state index is 12.8. The van der Waals surface area contributed by atoms with E-state index in [9.17, 15) is 4.79 Å². The summed E-state index contributed by atoms with van der Waals surface area (Å²) in [4.78, 5) is 28.5. The molecule has 7 heteroatoms. The molecule has 1 aliphatic rings. The van der Waals surface area contributed by atoms with E-state index < -0.39 is 0 Å². The van der Waals surface area contributed by atoms with Gasteiger partial charge in [-0.15, -0.1) is 0 Å². The molecule has 2 aromatic heterocycles. The summed E-state index contributed by atoms with van der Waals surface area (Å²) in [7, 11) is 1.61. The number of aromatic amines is 1. The Balaban J connectivity index is 1.35. The van der Waals surface area contributed by atoms with Gasteiger partial charge in [0, 0.05) is 50.6 Å². The van der Waals surface area contributed by atoms with Gasteiger partial charge in [0.1, 0.15) is 0 Å². The SMILES string of the molecule is COc1ccc(CN2CCN(C(=O)c3ccc4nc[nH]c4c3)CC2)cn1. The van der Waals surface area contributed by atoms with E-state index in [-0.39, 0.29) is 5.91 Å². The van der Waals surface area contributed by atoms with Gasteiger partial charge in [0.05, 0.1) is 24.5 Å². The largest absolute Gasteiger partial charge is 0.481 e. The lowest BCUT2D eigenvalue weighted by molar-refractivity contribution is 0.0628. The zero-order chi connectivity index (χ0) is 17.9. The minimum absolute atomic E-state index is 0.0762. The standard InChI is InChI=1S/C19H21N5O2/c1-26-18-5-2-14(11-20-18)12-23-6-8-24(9-7-23)19(25)15-3-4-16-17(10-15)22-13-21-16/h2-5,10-11,13H,6-9,12H2,1H3,(H,21,22). The fourth-order valence-corrected chi connectivity index (χ4v) is 3.24. The molecule has 3 aromatic rings. The Kier molecular flexibility index (Phi) is 4.53. The Morgan fingerprint density at radius 1 is 1.15 bits per heavy atom. The predicted octanol–water partition coefficient (Wildman–Crippen LogP) is 1.92. The average Bonchev–Trinajstić information content (AvgIpc) is 3.16. The van der Waals surface area contributed by atoms with Crippen molar-refractivity contribution in [1.82, 2.24) is 24.8 Å². The minimum Gasteiger partial charge on any atom is -0.481 e. The molecule has 1 aromatic carbocycles. The maximum absolute atomic E-state index is 12.8. The molecule has 0 unspecified atom stereocenters. The molecule has 7 nitrogen and oxygen atoms in total. The third kappa shape index (κ3) is 3.39. The highest BCUT2D eigenvalue weighted by Crippen LogP contribution is 2.16. The van der Waals surface area contributed by atoms with Crippen LogP contribution in [0.1, 0.15) is 15.9 Å². The molecule has 1 fully saturated rings. The summed E-state index contributed by atoms with van der Waals surface area (Å²) in [5.41, 5.74) is 3.62. The second-order valence-electron chi connectivity index (χ2n) is 6.41. The topological polar surface area (TPSA) is 74.3 Å². The first-order chi connectivity index (χ1) is 12.7. The summed E-state index contributed by atoms with van der Waals surface area (Å²) in [5.74, 6) is 0.700. The molecule has 0 spiro atoms. The van der Waals surface area contributed by atoms with E-state index in [0.29, 0.717) is 11.4 Å². The second kappa shape index (κ2) is 7.13. The molecule has 0 bridgehead atoms. The van der Waals surface area contributed by atoms with Crippen LogP contribution < -0.4 is 4.74 Å². The number of nitrogens with zero attached hydrogens (tertiary/aromatic N) is 4. The van der Waals surface area contributed by atoms with Crippen LogP contribution in [0.2, 0.25) is 0 Å².